The van der Waals surface area contributed by atoms with Crippen molar-refractivity contribution in [2.75, 3.05) is 39.7 Å². The van der Waals surface area contributed by atoms with Crippen LogP contribution < -0.4 is 14.4 Å². The standard InChI is InChI=1S/C27H34N2O4/c1-7-29(5)16-19-9-13-23(31-6)26-25(19)21-11-10-20(15-24(21)33-26)32-27(30)18-8-12-22(28(3)4)17(2)14-18/h8-14,20-21,24H,7,15-16H2,1-6H3. The Morgan fingerprint density at radius 3 is 2.61 bits per heavy atom. The van der Waals surface area contributed by atoms with Crippen molar-refractivity contribution in [2.45, 2.75) is 44.9 Å². The lowest BCUT2D eigenvalue weighted by atomic mass is 9.85. The van der Waals surface area contributed by atoms with Crippen molar-refractivity contribution in [2.24, 2.45) is 0 Å². The van der Waals surface area contributed by atoms with E-state index in [4.69, 9.17) is 14.2 Å². The summed E-state index contributed by atoms with van der Waals surface area (Å²) in [6.07, 6.45) is 4.35. The molecule has 1 aliphatic carbocycles. The second kappa shape index (κ2) is 9.48. The van der Waals surface area contributed by atoms with Gasteiger partial charge >= 0.3 is 5.97 Å². The first-order chi connectivity index (χ1) is 15.8. The Bertz CT molecular complexity index is 1060. The average molecular weight is 451 g/mol. The molecule has 3 atom stereocenters. The van der Waals surface area contributed by atoms with Crippen LogP contribution in [0.2, 0.25) is 0 Å². The minimum absolute atomic E-state index is 0.0809. The summed E-state index contributed by atoms with van der Waals surface area (Å²) in [6, 6.07) is 9.78. The number of methoxy groups -OCH3 is 1. The fourth-order valence-electron chi connectivity index (χ4n) is 4.76. The zero-order valence-corrected chi connectivity index (χ0v) is 20.4. The van der Waals surface area contributed by atoms with Crippen molar-refractivity contribution in [1.29, 1.82) is 0 Å². The fraction of sp³-hybridized carbons (Fsp3) is 0.444. The molecule has 4 rings (SSSR count). The molecule has 0 N–H and O–H groups in total. The predicted molar refractivity (Wildman–Crippen MR) is 131 cm³/mol. The molecule has 6 heteroatoms. The summed E-state index contributed by atoms with van der Waals surface area (Å²) in [5, 5.41) is 0. The number of carbonyl (C=O) groups is 1. The van der Waals surface area contributed by atoms with Crippen LogP contribution in [-0.2, 0) is 11.3 Å². The molecule has 2 aromatic rings. The van der Waals surface area contributed by atoms with E-state index in [0.29, 0.717) is 12.0 Å². The second-order valence-corrected chi connectivity index (χ2v) is 9.14. The molecule has 0 bridgehead atoms. The molecule has 6 nitrogen and oxygen atoms in total. The molecule has 1 heterocycles. The number of hydrogen-bond donors (Lipinski definition) is 0. The first-order valence-electron chi connectivity index (χ1n) is 11.5. The van der Waals surface area contributed by atoms with Crippen molar-refractivity contribution in [3.05, 3.63) is 64.7 Å². The minimum atomic E-state index is -0.324. The Balaban J connectivity index is 1.52. The summed E-state index contributed by atoms with van der Waals surface area (Å²) in [5.41, 5.74) is 5.13. The molecule has 0 fully saturated rings. The largest absolute Gasteiger partial charge is 0.493 e. The summed E-state index contributed by atoms with van der Waals surface area (Å²) in [6.45, 7) is 5.97. The van der Waals surface area contributed by atoms with E-state index in [1.165, 1.54) is 11.1 Å². The van der Waals surface area contributed by atoms with Crippen LogP contribution in [0, 0.1) is 6.92 Å². The van der Waals surface area contributed by atoms with Crippen molar-refractivity contribution in [3.8, 4) is 11.5 Å². The van der Waals surface area contributed by atoms with Gasteiger partial charge < -0.3 is 24.0 Å². The Kier molecular flexibility index (Phi) is 6.66. The average Bonchev–Trinajstić information content (AvgIpc) is 3.18. The first-order valence-corrected chi connectivity index (χ1v) is 11.5. The SMILES string of the molecule is CCN(C)Cc1ccc(OC)c2c1C1C=CC(OC(=O)c3ccc(N(C)C)c(C)c3)CC1O2. The Labute approximate surface area is 196 Å². The normalized spacial score (nSPS) is 20.8. The molecule has 33 heavy (non-hydrogen) atoms. The van der Waals surface area contributed by atoms with Gasteiger partial charge in [0.1, 0.15) is 12.2 Å². The number of esters is 1. The van der Waals surface area contributed by atoms with Crippen LogP contribution in [0.3, 0.4) is 0 Å². The molecular formula is C27H34N2O4. The number of nitrogens with zero attached hydrogens (tertiary/aromatic N) is 2. The topological polar surface area (TPSA) is 51.2 Å². The summed E-state index contributed by atoms with van der Waals surface area (Å²) in [4.78, 5) is 17.1. The molecule has 3 unspecified atom stereocenters. The van der Waals surface area contributed by atoms with Crippen LogP contribution in [0.4, 0.5) is 5.69 Å². The van der Waals surface area contributed by atoms with E-state index in [-0.39, 0.29) is 24.1 Å². The molecule has 2 aromatic carbocycles. The Morgan fingerprint density at radius 1 is 1.15 bits per heavy atom. The van der Waals surface area contributed by atoms with Gasteiger partial charge in [0, 0.05) is 44.2 Å². The van der Waals surface area contributed by atoms with Crippen molar-refractivity contribution in [1.82, 2.24) is 4.90 Å². The van der Waals surface area contributed by atoms with Gasteiger partial charge in [-0.3, -0.25) is 0 Å². The maximum Gasteiger partial charge on any atom is 0.338 e. The highest BCUT2D eigenvalue weighted by Crippen LogP contribution is 2.49. The number of carbonyl (C=O) groups excluding carboxylic acids is 1. The molecule has 0 saturated carbocycles. The zero-order valence-electron chi connectivity index (χ0n) is 20.4. The van der Waals surface area contributed by atoms with E-state index in [9.17, 15) is 4.79 Å². The third kappa shape index (κ3) is 4.58. The van der Waals surface area contributed by atoms with Crippen molar-refractivity contribution >= 4 is 11.7 Å². The summed E-state index contributed by atoms with van der Waals surface area (Å²) < 4.78 is 17.8. The van der Waals surface area contributed by atoms with E-state index >= 15 is 0 Å². The third-order valence-electron chi connectivity index (χ3n) is 6.62. The summed E-state index contributed by atoms with van der Waals surface area (Å²) >= 11 is 0. The highest BCUT2D eigenvalue weighted by atomic mass is 16.6. The minimum Gasteiger partial charge on any atom is -0.493 e. The number of ether oxygens (including phenoxy) is 3. The predicted octanol–water partition coefficient (Wildman–Crippen LogP) is 4.55. The number of benzene rings is 2. The van der Waals surface area contributed by atoms with Crippen LogP contribution in [-0.4, -0.2) is 57.9 Å². The quantitative estimate of drug-likeness (QED) is 0.456. The van der Waals surface area contributed by atoms with Crippen LogP contribution in [0.15, 0.2) is 42.5 Å². The third-order valence-corrected chi connectivity index (χ3v) is 6.62. The van der Waals surface area contributed by atoms with Crippen molar-refractivity contribution < 1.29 is 19.0 Å². The molecule has 2 aliphatic rings. The van der Waals surface area contributed by atoms with Gasteiger partial charge in [-0.05, 0) is 62.0 Å². The van der Waals surface area contributed by atoms with Gasteiger partial charge in [0.15, 0.2) is 11.5 Å². The highest BCUT2D eigenvalue weighted by Gasteiger charge is 2.41. The molecule has 0 amide bonds. The molecule has 0 spiro atoms. The van der Waals surface area contributed by atoms with Gasteiger partial charge in [0.05, 0.1) is 12.7 Å². The lowest BCUT2D eigenvalue weighted by molar-refractivity contribution is 0.0281. The number of rotatable bonds is 7. The highest BCUT2D eigenvalue weighted by molar-refractivity contribution is 5.90. The fourth-order valence-corrected chi connectivity index (χ4v) is 4.76. The van der Waals surface area contributed by atoms with E-state index in [2.05, 4.69) is 31.0 Å². The lowest BCUT2D eigenvalue weighted by Crippen LogP contribution is -2.30. The van der Waals surface area contributed by atoms with E-state index in [1.54, 1.807) is 7.11 Å². The van der Waals surface area contributed by atoms with Gasteiger partial charge in [-0.2, -0.15) is 0 Å². The summed E-state index contributed by atoms with van der Waals surface area (Å²) in [7, 11) is 7.76. The molecule has 0 aromatic heterocycles. The van der Waals surface area contributed by atoms with Crippen LogP contribution in [0.5, 0.6) is 11.5 Å². The molecule has 0 saturated heterocycles. The van der Waals surface area contributed by atoms with Crippen LogP contribution >= 0.6 is 0 Å². The van der Waals surface area contributed by atoms with Gasteiger partial charge in [0.25, 0.3) is 0 Å². The van der Waals surface area contributed by atoms with Crippen molar-refractivity contribution in [3.63, 3.8) is 0 Å². The molecule has 1 aliphatic heterocycles. The number of aryl methyl sites for hydroxylation is 1. The van der Waals surface area contributed by atoms with Crippen LogP contribution in [0.25, 0.3) is 0 Å². The van der Waals surface area contributed by atoms with Gasteiger partial charge in [-0.1, -0.05) is 19.1 Å². The van der Waals surface area contributed by atoms with Crippen LogP contribution in [0.1, 0.15) is 46.3 Å². The lowest BCUT2D eigenvalue weighted by Gasteiger charge is -2.26. The molecular weight excluding hydrogens is 416 g/mol. The maximum absolute atomic E-state index is 12.8. The van der Waals surface area contributed by atoms with E-state index in [1.807, 2.05) is 56.3 Å². The van der Waals surface area contributed by atoms with Gasteiger partial charge in [-0.15, -0.1) is 0 Å². The van der Waals surface area contributed by atoms with E-state index in [0.717, 1.165) is 35.8 Å². The van der Waals surface area contributed by atoms with E-state index < -0.39 is 0 Å². The zero-order chi connectivity index (χ0) is 23.7. The van der Waals surface area contributed by atoms with Gasteiger partial charge in [0.2, 0.25) is 0 Å². The second-order valence-electron chi connectivity index (χ2n) is 9.14. The van der Waals surface area contributed by atoms with Gasteiger partial charge in [-0.25, -0.2) is 4.79 Å². The first kappa shape index (κ1) is 23.2. The Morgan fingerprint density at radius 2 is 1.94 bits per heavy atom. The molecule has 0 radical (unpaired) electrons. The molecule has 176 valence electrons. The Hall–Kier alpha value is -2.99. The smallest absolute Gasteiger partial charge is 0.338 e. The number of hydrogen-bond acceptors (Lipinski definition) is 6. The summed E-state index contributed by atoms with van der Waals surface area (Å²) in [5.74, 6) is 1.39. The maximum atomic E-state index is 12.8. The number of fused-ring (bicyclic) bond motifs is 3. The monoisotopic (exact) mass is 450 g/mol. The number of anilines is 1.